The van der Waals surface area contributed by atoms with Gasteiger partial charge in [0.05, 0.1) is 24.8 Å². The summed E-state index contributed by atoms with van der Waals surface area (Å²) >= 11 is 3.44. The fourth-order valence-corrected chi connectivity index (χ4v) is 4.39. The van der Waals surface area contributed by atoms with Crippen LogP contribution in [0, 0.1) is 5.82 Å². The number of ketones is 1. The van der Waals surface area contributed by atoms with Gasteiger partial charge in [-0.3, -0.25) is 14.5 Å². The summed E-state index contributed by atoms with van der Waals surface area (Å²) in [5.41, 5.74) is 1.00. The molecule has 31 heavy (non-hydrogen) atoms. The fourth-order valence-electron chi connectivity index (χ4n) is 3.97. The maximum atomic E-state index is 13.3. The van der Waals surface area contributed by atoms with E-state index >= 15 is 0 Å². The Morgan fingerprint density at radius 2 is 1.81 bits per heavy atom. The molecule has 8 heteroatoms. The molecule has 0 unspecified atom stereocenters. The summed E-state index contributed by atoms with van der Waals surface area (Å²) in [4.78, 5) is 29.6. The minimum Gasteiger partial charge on any atom is -0.507 e. The summed E-state index contributed by atoms with van der Waals surface area (Å²) in [5.74, 6) is -2.15. The molecule has 0 bridgehead atoms. The lowest BCUT2D eigenvalue weighted by Gasteiger charge is -2.31. The van der Waals surface area contributed by atoms with Crippen LogP contribution in [0.4, 0.5) is 4.39 Å². The number of aliphatic hydroxyl groups is 1. The zero-order chi connectivity index (χ0) is 22.0. The Morgan fingerprint density at radius 3 is 2.48 bits per heavy atom. The molecule has 0 aliphatic carbocycles. The van der Waals surface area contributed by atoms with Crippen LogP contribution in [0.2, 0.25) is 0 Å². The van der Waals surface area contributed by atoms with Gasteiger partial charge in [0.15, 0.2) is 0 Å². The molecule has 1 atom stereocenters. The van der Waals surface area contributed by atoms with E-state index in [2.05, 4.69) is 20.8 Å². The molecule has 2 aliphatic rings. The first-order valence-electron chi connectivity index (χ1n) is 10.1. The number of benzene rings is 2. The third-order valence-corrected chi connectivity index (χ3v) is 6.08. The fraction of sp³-hybridized carbons (Fsp3) is 0.304. The van der Waals surface area contributed by atoms with Gasteiger partial charge in [0.25, 0.3) is 11.7 Å². The second-order valence-electron chi connectivity index (χ2n) is 7.51. The number of carbonyl (C=O) groups excluding carboxylic acids is 2. The largest absolute Gasteiger partial charge is 0.507 e. The molecule has 0 spiro atoms. The molecule has 162 valence electrons. The molecule has 6 nitrogen and oxygen atoms in total. The third-order valence-electron chi connectivity index (χ3n) is 5.58. The number of morpholine rings is 1. The van der Waals surface area contributed by atoms with E-state index in [9.17, 15) is 19.1 Å². The van der Waals surface area contributed by atoms with Gasteiger partial charge < -0.3 is 14.7 Å². The van der Waals surface area contributed by atoms with Crippen molar-refractivity contribution in [3.05, 3.63) is 75.5 Å². The lowest BCUT2D eigenvalue weighted by atomic mass is 9.95. The van der Waals surface area contributed by atoms with E-state index in [-0.39, 0.29) is 16.9 Å². The Balaban J connectivity index is 1.73. The zero-order valence-corrected chi connectivity index (χ0v) is 18.3. The highest BCUT2D eigenvalue weighted by atomic mass is 79.9. The van der Waals surface area contributed by atoms with Crippen molar-refractivity contribution in [3.63, 3.8) is 0 Å². The van der Waals surface area contributed by atoms with Crippen molar-refractivity contribution in [2.24, 2.45) is 0 Å². The van der Waals surface area contributed by atoms with Gasteiger partial charge in [0.1, 0.15) is 11.6 Å². The van der Waals surface area contributed by atoms with E-state index in [0.29, 0.717) is 31.9 Å². The van der Waals surface area contributed by atoms with Crippen molar-refractivity contribution in [3.8, 4) is 0 Å². The maximum Gasteiger partial charge on any atom is 0.295 e. The normalized spacial score (nSPS) is 21.6. The van der Waals surface area contributed by atoms with Crippen LogP contribution in [-0.4, -0.2) is 66.0 Å². The summed E-state index contributed by atoms with van der Waals surface area (Å²) in [7, 11) is 0. The van der Waals surface area contributed by atoms with Gasteiger partial charge in [-0.25, -0.2) is 4.39 Å². The first kappa shape index (κ1) is 21.7. The average molecular weight is 489 g/mol. The van der Waals surface area contributed by atoms with Crippen LogP contribution < -0.4 is 0 Å². The van der Waals surface area contributed by atoms with Gasteiger partial charge in [-0.15, -0.1) is 0 Å². The minimum atomic E-state index is -0.742. The third kappa shape index (κ3) is 4.56. The number of nitrogens with zero attached hydrogens (tertiary/aromatic N) is 2. The number of Topliss-reactive ketones (excluding diaryl/α,β-unsaturated/α-hetero) is 1. The SMILES string of the molecule is O=C1C(=O)N(CCN2CCOCC2)[C@H](c2cccc(Br)c2)C1=C(O)c1ccc(F)cc1. The number of amides is 1. The van der Waals surface area contributed by atoms with Gasteiger partial charge in [-0.1, -0.05) is 28.1 Å². The average Bonchev–Trinajstić information content (AvgIpc) is 3.03. The first-order valence-corrected chi connectivity index (χ1v) is 10.8. The van der Waals surface area contributed by atoms with Crippen LogP contribution in [0.5, 0.6) is 0 Å². The number of ether oxygens (including phenoxy) is 1. The van der Waals surface area contributed by atoms with E-state index in [0.717, 1.165) is 17.6 Å². The molecule has 0 aromatic heterocycles. The predicted molar refractivity (Wildman–Crippen MR) is 117 cm³/mol. The first-order chi connectivity index (χ1) is 15.0. The number of halogens is 2. The highest BCUT2D eigenvalue weighted by Gasteiger charge is 2.46. The quantitative estimate of drug-likeness (QED) is 0.397. The van der Waals surface area contributed by atoms with Gasteiger partial charge in [-0.05, 0) is 42.0 Å². The molecular formula is C23H22BrFN2O4. The number of hydrogen-bond acceptors (Lipinski definition) is 5. The molecule has 0 radical (unpaired) electrons. The van der Waals surface area contributed by atoms with Crippen LogP contribution in [0.3, 0.4) is 0 Å². The number of likely N-dealkylation sites (tertiary alicyclic amines) is 1. The molecule has 4 rings (SSSR count). The van der Waals surface area contributed by atoms with E-state index < -0.39 is 23.5 Å². The molecular weight excluding hydrogens is 467 g/mol. The topological polar surface area (TPSA) is 70.1 Å². The molecule has 2 aromatic carbocycles. The van der Waals surface area contributed by atoms with Crippen LogP contribution >= 0.6 is 15.9 Å². The minimum absolute atomic E-state index is 0.0108. The number of rotatable bonds is 5. The smallest absolute Gasteiger partial charge is 0.295 e. The predicted octanol–water partition coefficient (Wildman–Crippen LogP) is 3.34. The van der Waals surface area contributed by atoms with E-state index in [1.165, 1.54) is 29.2 Å². The van der Waals surface area contributed by atoms with Crippen molar-refractivity contribution >= 4 is 33.4 Å². The summed E-state index contributed by atoms with van der Waals surface area (Å²) in [5, 5.41) is 11.0. The second kappa shape index (κ2) is 9.30. The molecule has 2 aromatic rings. The summed E-state index contributed by atoms with van der Waals surface area (Å²) in [6.45, 7) is 3.73. The molecule has 1 amide bonds. The van der Waals surface area contributed by atoms with Crippen molar-refractivity contribution in [1.29, 1.82) is 0 Å². The monoisotopic (exact) mass is 488 g/mol. The zero-order valence-electron chi connectivity index (χ0n) is 16.8. The highest BCUT2D eigenvalue weighted by Crippen LogP contribution is 2.39. The van der Waals surface area contributed by atoms with Gasteiger partial charge in [0.2, 0.25) is 0 Å². The lowest BCUT2D eigenvalue weighted by Crippen LogP contribution is -2.42. The van der Waals surface area contributed by atoms with E-state index in [1.54, 1.807) is 0 Å². The Kier molecular flexibility index (Phi) is 6.50. The molecule has 1 N–H and O–H groups in total. The van der Waals surface area contributed by atoms with Gasteiger partial charge in [0, 0.05) is 36.2 Å². The van der Waals surface area contributed by atoms with Crippen molar-refractivity contribution in [1.82, 2.24) is 9.80 Å². The Hall–Kier alpha value is -2.55. The summed E-state index contributed by atoms with van der Waals surface area (Å²) in [6.07, 6.45) is 0. The van der Waals surface area contributed by atoms with Crippen LogP contribution in [0.15, 0.2) is 58.6 Å². The summed E-state index contributed by atoms with van der Waals surface area (Å²) in [6, 6.07) is 11.8. The van der Waals surface area contributed by atoms with Crippen molar-refractivity contribution < 1.29 is 23.8 Å². The Labute approximate surface area is 188 Å². The molecule has 2 aliphatic heterocycles. The Bertz CT molecular complexity index is 1020. The van der Waals surface area contributed by atoms with Crippen molar-refractivity contribution in [2.75, 3.05) is 39.4 Å². The van der Waals surface area contributed by atoms with Crippen LogP contribution in [0.25, 0.3) is 5.76 Å². The molecule has 2 fully saturated rings. The number of hydrogen-bond donors (Lipinski definition) is 1. The van der Waals surface area contributed by atoms with Crippen LogP contribution in [-0.2, 0) is 14.3 Å². The van der Waals surface area contributed by atoms with Crippen LogP contribution in [0.1, 0.15) is 17.2 Å². The van der Waals surface area contributed by atoms with Gasteiger partial charge in [-0.2, -0.15) is 0 Å². The van der Waals surface area contributed by atoms with Crippen molar-refractivity contribution in [2.45, 2.75) is 6.04 Å². The maximum absolute atomic E-state index is 13.3. The molecule has 0 saturated carbocycles. The lowest BCUT2D eigenvalue weighted by molar-refractivity contribution is -0.140. The molecule has 2 heterocycles. The molecule has 2 saturated heterocycles. The number of carbonyl (C=O) groups is 2. The second-order valence-corrected chi connectivity index (χ2v) is 8.42. The highest BCUT2D eigenvalue weighted by molar-refractivity contribution is 9.10. The van der Waals surface area contributed by atoms with E-state index in [1.807, 2.05) is 24.3 Å². The summed E-state index contributed by atoms with van der Waals surface area (Å²) < 4.78 is 19.5. The van der Waals surface area contributed by atoms with E-state index in [4.69, 9.17) is 4.74 Å². The standard InChI is InChI=1S/C23H22BrFN2O4/c24-17-3-1-2-16(14-17)20-19(21(28)15-4-6-18(25)7-5-15)22(29)23(30)27(20)9-8-26-10-12-31-13-11-26/h1-7,14,20,28H,8-13H2/t20-/m1/s1. The Morgan fingerprint density at radius 1 is 1.10 bits per heavy atom. The number of aliphatic hydroxyl groups excluding tert-OH is 1. The van der Waals surface area contributed by atoms with Gasteiger partial charge >= 0.3 is 0 Å².